The highest BCUT2D eigenvalue weighted by atomic mass is 16.2. The lowest BCUT2D eigenvalue weighted by Crippen LogP contribution is -1.98. The SMILES string of the molecule is C=C=C1C(=O)c2cc3ccccc3cc2C1=O. The van der Waals surface area contributed by atoms with E-state index in [0.29, 0.717) is 11.1 Å². The number of hydrogen-bond donors (Lipinski definition) is 0. The van der Waals surface area contributed by atoms with Crippen LogP contribution >= 0.6 is 0 Å². The van der Waals surface area contributed by atoms with Gasteiger partial charge in [-0.15, -0.1) is 5.73 Å². The summed E-state index contributed by atoms with van der Waals surface area (Å²) in [6.07, 6.45) is 0. The first kappa shape index (κ1) is 9.76. The summed E-state index contributed by atoms with van der Waals surface area (Å²) in [6.45, 7) is 3.39. The number of carbonyl (C=O) groups is 2. The van der Waals surface area contributed by atoms with Crippen molar-refractivity contribution in [1.82, 2.24) is 0 Å². The van der Waals surface area contributed by atoms with Gasteiger partial charge in [0.1, 0.15) is 5.57 Å². The van der Waals surface area contributed by atoms with Gasteiger partial charge in [0.05, 0.1) is 0 Å². The maximum atomic E-state index is 11.9. The molecule has 80 valence electrons. The van der Waals surface area contributed by atoms with Crippen LogP contribution in [0.15, 0.2) is 54.3 Å². The molecule has 0 amide bonds. The molecule has 1 aliphatic rings. The van der Waals surface area contributed by atoms with Gasteiger partial charge in [-0.2, -0.15) is 0 Å². The maximum absolute atomic E-state index is 11.9. The second-order valence-corrected chi connectivity index (χ2v) is 3.95. The molecular weight excluding hydrogens is 212 g/mol. The van der Waals surface area contributed by atoms with Crippen molar-refractivity contribution in [2.45, 2.75) is 0 Å². The number of Topliss-reactive ketones (excluding diaryl/α,β-unsaturated/α-hetero) is 2. The third kappa shape index (κ3) is 1.22. The number of hydrogen-bond acceptors (Lipinski definition) is 2. The third-order valence-electron chi connectivity index (χ3n) is 3.01. The van der Waals surface area contributed by atoms with E-state index in [1.807, 2.05) is 24.3 Å². The van der Waals surface area contributed by atoms with Gasteiger partial charge >= 0.3 is 0 Å². The van der Waals surface area contributed by atoms with E-state index in [9.17, 15) is 9.59 Å². The molecule has 2 aromatic rings. The van der Waals surface area contributed by atoms with Crippen molar-refractivity contribution in [3.05, 3.63) is 65.4 Å². The highest BCUT2D eigenvalue weighted by Crippen LogP contribution is 2.29. The smallest absolute Gasteiger partial charge is 0.205 e. The summed E-state index contributed by atoms with van der Waals surface area (Å²) in [6, 6.07) is 11.2. The van der Waals surface area contributed by atoms with Gasteiger partial charge in [0.25, 0.3) is 0 Å². The molecule has 0 N–H and O–H groups in total. The summed E-state index contributed by atoms with van der Waals surface area (Å²) in [4.78, 5) is 23.8. The molecular formula is C15H8O2. The Morgan fingerprint density at radius 1 is 0.882 bits per heavy atom. The van der Waals surface area contributed by atoms with Gasteiger partial charge < -0.3 is 0 Å². The van der Waals surface area contributed by atoms with E-state index >= 15 is 0 Å². The second kappa shape index (κ2) is 3.27. The Hall–Kier alpha value is -2.44. The Balaban J connectivity index is 2.42. The fourth-order valence-corrected chi connectivity index (χ4v) is 2.15. The molecule has 17 heavy (non-hydrogen) atoms. The minimum Gasteiger partial charge on any atom is -0.288 e. The van der Waals surface area contributed by atoms with Crippen LogP contribution in [-0.4, -0.2) is 11.6 Å². The number of allylic oxidation sites excluding steroid dienone is 1. The molecule has 0 bridgehead atoms. The van der Waals surface area contributed by atoms with Gasteiger partial charge in [-0.25, -0.2) is 0 Å². The van der Waals surface area contributed by atoms with Crippen LogP contribution in [0.2, 0.25) is 0 Å². The average Bonchev–Trinajstić information content (AvgIpc) is 2.59. The van der Waals surface area contributed by atoms with Gasteiger partial charge in [-0.3, -0.25) is 9.59 Å². The molecule has 0 heterocycles. The molecule has 3 rings (SSSR count). The van der Waals surface area contributed by atoms with E-state index in [1.54, 1.807) is 12.1 Å². The minimum atomic E-state index is -0.272. The maximum Gasteiger partial charge on any atom is 0.205 e. The van der Waals surface area contributed by atoms with Crippen LogP contribution in [0.3, 0.4) is 0 Å². The number of rotatable bonds is 0. The van der Waals surface area contributed by atoms with Gasteiger partial charge in [-0.05, 0) is 22.9 Å². The first-order valence-corrected chi connectivity index (χ1v) is 5.24. The number of fused-ring (bicyclic) bond motifs is 2. The topological polar surface area (TPSA) is 34.1 Å². The quantitative estimate of drug-likeness (QED) is 0.388. The molecule has 0 fully saturated rings. The van der Waals surface area contributed by atoms with E-state index in [2.05, 4.69) is 12.3 Å². The van der Waals surface area contributed by atoms with Crippen LogP contribution in [0, 0.1) is 0 Å². The van der Waals surface area contributed by atoms with Crippen molar-refractivity contribution < 1.29 is 9.59 Å². The van der Waals surface area contributed by atoms with Crippen LogP contribution in [0.4, 0.5) is 0 Å². The lowest BCUT2D eigenvalue weighted by Gasteiger charge is -2.00. The van der Waals surface area contributed by atoms with Gasteiger partial charge in [0, 0.05) is 11.1 Å². The van der Waals surface area contributed by atoms with Gasteiger partial charge in [0.15, 0.2) is 0 Å². The number of ketones is 2. The van der Waals surface area contributed by atoms with Gasteiger partial charge in [0.2, 0.25) is 11.6 Å². The Morgan fingerprint density at radius 2 is 1.35 bits per heavy atom. The fourth-order valence-electron chi connectivity index (χ4n) is 2.15. The highest BCUT2D eigenvalue weighted by molar-refractivity contribution is 6.40. The zero-order valence-electron chi connectivity index (χ0n) is 8.99. The normalized spacial score (nSPS) is 14.0. The van der Waals surface area contributed by atoms with Crippen molar-refractivity contribution in [2.75, 3.05) is 0 Å². The van der Waals surface area contributed by atoms with E-state index in [4.69, 9.17) is 0 Å². The zero-order chi connectivity index (χ0) is 12.0. The van der Waals surface area contributed by atoms with Crippen molar-refractivity contribution in [1.29, 1.82) is 0 Å². The lowest BCUT2D eigenvalue weighted by molar-refractivity contribution is 0.0989. The summed E-state index contributed by atoms with van der Waals surface area (Å²) in [5.74, 6) is -0.545. The van der Waals surface area contributed by atoms with E-state index in [0.717, 1.165) is 10.8 Å². The van der Waals surface area contributed by atoms with Crippen LogP contribution < -0.4 is 0 Å². The molecule has 2 heteroatoms. The molecule has 0 spiro atoms. The van der Waals surface area contributed by atoms with Crippen LogP contribution in [0.5, 0.6) is 0 Å². The van der Waals surface area contributed by atoms with Crippen LogP contribution in [0.1, 0.15) is 20.7 Å². The Kier molecular flexibility index (Phi) is 1.88. The van der Waals surface area contributed by atoms with E-state index < -0.39 is 0 Å². The summed E-state index contributed by atoms with van der Waals surface area (Å²) < 4.78 is 0. The highest BCUT2D eigenvalue weighted by Gasteiger charge is 2.33. The molecule has 0 atom stereocenters. The molecule has 0 unspecified atom stereocenters. The first-order valence-electron chi connectivity index (χ1n) is 5.24. The van der Waals surface area contributed by atoms with Gasteiger partial charge in [-0.1, -0.05) is 30.8 Å². The lowest BCUT2D eigenvalue weighted by atomic mass is 10.0. The molecule has 1 aliphatic carbocycles. The molecule has 0 radical (unpaired) electrons. The number of benzene rings is 2. The molecule has 0 aliphatic heterocycles. The Labute approximate surface area is 97.9 Å². The molecule has 0 saturated carbocycles. The van der Waals surface area contributed by atoms with Crippen molar-refractivity contribution in [3.63, 3.8) is 0 Å². The first-order chi connectivity index (χ1) is 8.22. The summed E-state index contributed by atoms with van der Waals surface area (Å²) >= 11 is 0. The van der Waals surface area contributed by atoms with E-state index in [-0.39, 0.29) is 17.1 Å². The largest absolute Gasteiger partial charge is 0.288 e. The minimum absolute atomic E-state index is 0.0512. The predicted octanol–water partition coefficient (Wildman–Crippen LogP) is 2.93. The Bertz CT molecular complexity index is 675. The van der Waals surface area contributed by atoms with Crippen molar-refractivity contribution in [2.24, 2.45) is 0 Å². The molecule has 2 nitrogen and oxygen atoms in total. The monoisotopic (exact) mass is 220 g/mol. The zero-order valence-corrected chi connectivity index (χ0v) is 8.99. The van der Waals surface area contributed by atoms with Crippen molar-refractivity contribution >= 4 is 22.3 Å². The van der Waals surface area contributed by atoms with E-state index in [1.165, 1.54) is 0 Å². The predicted molar refractivity (Wildman–Crippen MR) is 65.3 cm³/mol. The average molecular weight is 220 g/mol. The molecule has 0 aromatic heterocycles. The molecule has 0 saturated heterocycles. The number of carbonyl (C=O) groups excluding carboxylic acids is 2. The van der Waals surface area contributed by atoms with Crippen molar-refractivity contribution in [3.8, 4) is 0 Å². The second-order valence-electron chi connectivity index (χ2n) is 3.95. The third-order valence-corrected chi connectivity index (χ3v) is 3.01. The molecule has 2 aromatic carbocycles. The summed E-state index contributed by atoms with van der Waals surface area (Å²) in [7, 11) is 0. The standard InChI is InChI=1S/C15H8O2/c1-2-11-14(16)12-7-9-5-3-4-6-10(9)8-13(12)15(11)17/h3-8H,1H2. The van der Waals surface area contributed by atoms with Crippen LogP contribution in [0.25, 0.3) is 10.8 Å². The summed E-state index contributed by atoms with van der Waals surface area (Å²) in [5, 5.41) is 1.91. The fraction of sp³-hybridized carbons (Fsp3) is 0. The summed E-state index contributed by atoms with van der Waals surface area (Å²) in [5.41, 5.74) is 3.40. The Morgan fingerprint density at radius 3 is 1.76 bits per heavy atom. The van der Waals surface area contributed by atoms with Crippen LogP contribution in [-0.2, 0) is 0 Å².